The first-order chi connectivity index (χ1) is 9.85. The Bertz CT molecular complexity index is 513. The number of halogens is 1. The molecule has 0 radical (unpaired) electrons. The summed E-state index contributed by atoms with van der Waals surface area (Å²) in [4.78, 5) is 12.2. The van der Waals surface area contributed by atoms with Gasteiger partial charge in [0.05, 0.1) is 0 Å². The largest absolute Gasteiger partial charge is 0.380 e. The Balaban J connectivity index is 2.01. The lowest BCUT2D eigenvalue weighted by atomic mass is 9.83. The SMILES string of the molecule is CC(C)(CNC(=O)C1(O)CCSCC1)c1ccccc1F. The summed E-state index contributed by atoms with van der Waals surface area (Å²) in [5.41, 5.74) is -1.23. The zero-order valence-electron chi connectivity index (χ0n) is 12.5. The first-order valence-corrected chi connectivity index (χ1v) is 8.34. The number of aliphatic hydroxyl groups is 1. The lowest BCUT2D eigenvalue weighted by Gasteiger charge is -2.32. The van der Waals surface area contributed by atoms with Crippen LogP contribution in [0.5, 0.6) is 0 Å². The molecular formula is C16H22FNO2S. The third-order valence-corrected chi connectivity index (χ3v) is 5.02. The third kappa shape index (κ3) is 3.77. The minimum Gasteiger partial charge on any atom is -0.380 e. The number of hydrogen-bond donors (Lipinski definition) is 2. The molecule has 3 nitrogen and oxygen atoms in total. The molecular weight excluding hydrogens is 289 g/mol. The maximum Gasteiger partial charge on any atom is 0.252 e. The van der Waals surface area contributed by atoms with Gasteiger partial charge in [-0.05, 0) is 36.0 Å². The second-order valence-electron chi connectivity index (χ2n) is 6.19. The maximum atomic E-state index is 13.9. The van der Waals surface area contributed by atoms with Gasteiger partial charge in [-0.3, -0.25) is 4.79 Å². The van der Waals surface area contributed by atoms with Gasteiger partial charge in [0.1, 0.15) is 11.4 Å². The molecule has 0 unspecified atom stereocenters. The van der Waals surface area contributed by atoms with Gasteiger partial charge < -0.3 is 10.4 Å². The zero-order chi connectivity index (χ0) is 15.5. The second-order valence-corrected chi connectivity index (χ2v) is 7.42. The highest BCUT2D eigenvalue weighted by Crippen LogP contribution is 2.28. The fourth-order valence-electron chi connectivity index (χ4n) is 2.51. The van der Waals surface area contributed by atoms with E-state index < -0.39 is 11.0 Å². The van der Waals surface area contributed by atoms with E-state index in [9.17, 15) is 14.3 Å². The van der Waals surface area contributed by atoms with Gasteiger partial charge in [-0.1, -0.05) is 32.0 Å². The number of thioether (sulfide) groups is 1. The van der Waals surface area contributed by atoms with E-state index in [1.165, 1.54) is 6.07 Å². The monoisotopic (exact) mass is 311 g/mol. The van der Waals surface area contributed by atoms with Crippen molar-refractivity contribution in [3.63, 3.8) is 0 Å². The molecule has 0 bridgehead atoms. The summed E-state index contributed by atoms with van der Waals surface area (Å²) in [6, 6.07) is 6.59. The summed E-state index contributed by atoms with van der Waals surface area (Å²) in [7, 11) is 0. The van der Waals surface area contributed by atoms with Crippen molar-refractivity contribution in [3.05, 3.63) is 35.6 Å². The normalized spacial score (nSPS) is 18.3. The number of nitrogens with one attached hydrogen (secondary N) is 1. The van der Waals surface area contributed by atoms with Gasteiger partial charge in [0.25, 0.3) is 5.91 Å². The number of rotatable bonds is 4. The van der Waals surface area contributed by atoms with Crippen molar-refractivity contribution < 1.29 is 14.3 Å². The Labute approximate surface area is 129 Å². The summed E-state index contributed by atoms with van der Waals surface area (Å²) in [6.07, 6.45) is 0.952. The second kappa shape index (κ2) is 6.36. The van der Waals surface area contributed by atoms with Crippen molar-refractivity contribution in [2.45, 2.75) is 37.7 Å². The highest BCUT2D eigenvalue weighted by molar-refractivity contribution is 7.99. The van der Waals surface area contributed by atoms with Crippen LogP contribution in [0.15, 0.2) is 24.3 Å². The molecule has 5 heteroatoms. The molecule has 1 aliphatic rings. The fraction of sp³-hybridized carbons (Fsp3) is 0.562. The van der Waals surface area contributed by atoms with Crippen molar-refractivity contribution in [2.24, 2.45) is 0 Å². The lowest BCUT2D eigenvalue weighted by Crippen LogP contribution is -2.51. The van der Waals surface area contributed by atoms with Crippen LogP contribution in [-0.4, -0.2) is 34.7 Å². The molecule has 1 aromatic rings. The Morgan fingerprint density at radius 3 is 2.62 bits per heavy atom. The Hall–Kier alpha value is -1.07. The molecule has 2 N–H and O–H groups in total. The minimum atomic E-state index is -1.27. The van der Waals surface area contributed by atoms with Crippen LogP contribution in [-0.2, 0) is 10.2 Å². The Morgan fingerprint density at radius 1 is 1.38 bits per heavy atom. The molecule has 1 amide bonds. The quantitative estimate of drug-likeness (QED) is 0.898. The number of benzene rings is 1. The molecule has 1 saturated heterocycles. The number of carbonyl (C=O) groups excluding carboxylic acids is 1. The number of carbonyl (C=O) groups is 1. The molecule has 116 valence electrons. The van der Waals surface area contributed by atoms with Gasteiger partial charge in [0, 0.05) is 12.0 Å². The van der Waals surface area contributed by atoms with Crippen molar-refractivity contribution in [3.8, 4) is 0 Å². The minimum absolute atomic E-state index is 0.274. The first-order valence-electron chi connectivity index (χ1n) is 7.19. The van der Waals surface area contributed by atoms with Crippen LogP contribution in [0.1, 0.15) is 32.3 Å². The predicted octanol–water partition coefficient (Wildman–Crippen LogP) is 2.48. The van der Waals surface area contributed by atoms with Crippen LogP contribution in [0.4, 0.5) is 4.39 Å². The zero-order valence-corrected chi connectivity index (χ0v) is 13.3. The first kappa shape index (κ1) is 16.3. The summed E-state index contributed by atoms with van der Waals surface area (Å²) in [6.45, 7) is 4.06. The van der Waals surface area contributed by atoms with Crippen LogP contribution in [0, 0.1) is 5.82 Å². The average molecular weight is 311 g/mol. The maximum absolute atomic E-state index is 13.9. The molecule has 0 aliphatic carbocycles. The van der Waals surface area contributed by atoms with Crippen molar-refractivity contribution in [2.75, 3.05) is 18.1 Å². The van der Waals surface area contributed by atoms with Gasteiger partial charge in [-0.2, -0.15) is 11.8 Å². The summed E-state index contributed by atoms with van der Waals surface area (Å²) in [5.74, 6) is 0.970. The fourth-order valence-corrected chi connectivity index (χ4v) is 3.68. The molecule has 1 aliphatic heterocycles. The van der Waals surface area contributed by atoms with Crippen LogP contribution in [0.3, 0.4) is 0 Å². The van der Waals surface area contributed by atoms with Crippen LogP contribution < -0.4 is 5.32 Å². The van der Waals surface area contributed by atoms with Gasteiger partial charge in [-0.15, -0.1) is 0 Å². The van der Waals surface area contributed by atoms with E-state index in [0.29, 0.717) is 24.9 Å². The summed E-state index contributed by atoms with van der Waals surface area (Å²) < 4.78 is 13.9. The van der Waals surface area contributed by atoms with Gasteiger partial charge in [0.15, 0.2) is 0 Å². The average Bonchev–Trinajstić information content (AvgIpc) is 2.46. The van der Waals surface area contributed by atoms with Gasteiger partial charge >= 0.3 is 0 Å². The third-order valence-electron chi connectivity index (χ3n) is 4.04. The van der Waals surface area contributed by atoms with E-state index in [0.717, 1.165) is 11.5 Å². The van der Waals surface area contributed by atoms with Crippen molar-refractivity contribution in [1.29, 1.82) is 0 Å². The predicted molar refractivity (Wildman–Crippen MR) is 83.9 cm³/mol. The van der Waals surface area contributed by atoms with Crippen molar-refractivity contribution in [1.82, 2.24) is 5.32 Å². The Morgan fingerprint density at radius 2 is 2.00 bits per heavy atom. The van der Waals surface area contributed by atoms with E-state index >= 15 is 0 Å². The van der Waals surface area contributed by atoms with E-state index in [-0.39, 0.29) is 11.7 Å². The standard InChI is InChI=1S/C16H22FNO2S/c1-15(2,12-5-3-4-6-13(12)17)11-18-14(19)16(20)7-9-21-10-8-16/h3-6,20H,7-11H2,1-2H3,(H,18,19). The lowest BCUT2D eigenvalue weighted by molar-refractivity contribution is -0.140. The van der Waals surface area contributed by atoms with Gasteiger partial charge in [-0.25, -0.2) is 4.39 Å². The molecule has 1 aromatic carbocycles. The van der Waals surface area contributed by atoms with Crippen LogP contribution in [0.25, 0.3) is 0 Å². The summed E-state index contributed by atoms with van der Waals surface area (Å²) >= 11 is 1.75. The molecule has 0 spiro atoms. The number of amides is 1. The molecule has 0 saturated carbocycles. The number of hydrogen-bond acceptors (Lipinski definition) is 3. The highest BCUT2D eigenvalue weighted by atomic mass is 32.2. The topological polar surface area (TPSA) is 49.3 Å². The smallest absolute Gasteiger partial charge is 0.252 e. The van der Waals surface area contributed by atoms with Gasteiger partial charge in [0.2, 0.25) is 0 Å². The van der Waals surface area contributed by atoms with E-state index in [1.54, 1.807) is 30.0 Å². The van der Waals surface area contributed by atoms with Crippen LogP contribution in [0.2, 0.25) is 0 Å². The highest BCUT2D eigenvalue weighted by Gasteiger charge is 2.38. The van der Waals surface area contributed by atoms with Crippen molar-refractivity contribution >= 4 is 17.7 Å². The van der Waals surface area contributed by atoms with E-state index in [2.05, 4.69) is 5.32 Å². The molecule has 2 rings (SSSR count). The van der Waals surface area contributed by atoms with E-state index in [4.69, 9.17) is 0 Å². The molecule has 0 atom stereocenters. The molecule has 1 fully saturated rings. The Kier molecular flexibility index (Phi) is 4.94. The molecule has 21 heavy (non-hydrogen) atoms. The molecule has 1 heterocycles. The summed E-state index contributed by atoms with van der Waals surface area (Å²) in [5, 5.41) is 13.2. The molecule has 0 aromatic heterocycles. The van der Waals surface area contributed by atoms with Crippen LogP contribution >= 0.6 is 11.8 Å². The van der Waals surface area contributed by atoms with E-state index in [1.807, 2.05) is 13.8 Å².